The quantitative estimate of drug-likeness (QED) is 0.853. The highest BCUT2D eigenvalue weighted by Gasteiger charge is 2.16. The van der Waals surface area contributed by atoms with E-state index in [0.717, 1.165) is 12.1 Å². The van der Waals surface area contributed by atoms with E-state index in [4.69, 9.17) is 5.11 Å². The second-order valence-electron chi connectivity index (χ2n) is 5.58. The molecule has 1 aliphatic rings. The van der Waals surface area contributed by atoms with Crippen molar-refractivity contribution in [3.05, 3.63) is 41.5 Å². The zero-order valence-electron chi connectivity index (χ0n) is 12.1. The van der Waals surface area contributed by atoms with Crippen LogP contribution in [0.5, 0.6) is 0 Å². The lowest BCUT2D eigenvalue weighted by molar-refractivity contribution is -0.131. The Morgan fingerprint density at radius 2 is 2.05 bits per heavy atom. The highest BCUT2D eigenvalue weighted by Crippen LogP contribution is 2.19. The van der Waals surface area contributed by atoms with Gasteiger partial charge in [-0.2, -0.15) is 0 Å². The number of rotatable bonds is 4. The van der Waals surface area contributed by atoms with Gasteiger partial charge >= 0.3 is 5.97 Å². The molecule has 0 spiro atoms. The normalized spacial score (nSPS) is 20.9. The van der Waals surface area contributed by atoms with Crippen molar-refractivity contribution in [3.8, 4) is 0 Å². The molecule has 1 aromatic rings. The standard InChI is InChI=1S/C17H23NO2/c1-14-5-3-2-4-12-18(14)13-16-8-6-15(7-9-16)10-11-17(19)20/h6-11,14H,2-5,12-13H2,1H3,(H,19,20). The van der Waals surface area contributed by atoms with Crippen LogP contribution in [0.3, 0.4) is 0 Å². The SMILES string of the molecule is CC1CCCCCN1Cc1ccc(C=CC(=O)O)cc1. The van der Waals surface area contributed by atoms with Gasteiger partial charge in [-0.25, -0.2) is 4.79 Å². The summed E-state index contributed by atoms with van der Waals surface area (Å²) in [4.78, 5) is 13.0. The Hall–Kier alpha value is -1.61. The highest BCUT2D eigenvalue weighted by molar-refractivity contribution is 5.85. The average Bonchev–Trinajstić information content (AvgIpc) is 2.63. The number of benzene rings is 1. The van der Waals surface area contributed by atoms with Crippen molar-refractivity contribution in [3.63, 3.8) is 0 Å². The number of hydrogen-bond donors (Lipinski definition) is 1. The van der Waals surface area contributed by atoms with Crippen LogP contribution >= 0.6 is 0 Å². The number of likely N-dealkylation sites (tertiary alicyclic amines) is 1. The average molecular weight is 273 g/mol. The lowest BCUT2D eigenvalue weighted by atomic mass is 10.1. The summed E-state index contributed by atoms with van der Waals surface area (Å²) < 4.78 is 0. The zero-order valence-corrected chi connectivity index (χ0v) is 12.1. The third-order valence-electron chi connectivity index (χ3n) is 3.97. The van der Waals surface area contributed by atoms with E-state index in [2.05, 4.69) is 24.0 Å². The number of nitrogens with zero attached hydrogens (tertiary/aromatic N) is 1. The minimum atomic E-state index is -0.910. The van der Waals surface area contributed by atoms with Gasteiger partial charge in [-0.3, -0.25) is 4.90 Å². The van der Waals surface area contributed by atoms with Crippen LogP contribution in [0.15, 0.2) is 30.3 Å². The van der Waals surface area contributed by atoms with Crippen LogP contribution in [-0.2, 0) is 11.3 Å². The molecule has 3 nitrogen and oxygen atoms in total. The molecule has 0 radical (unpaired) electrons. The van der Waals surface area contributed by atoms with E-state index in [1.165, 1.54) is 43.9 Å². The number of aliphatic carboxylic acids is 1. The Kier molecular flexibility index (Phi) is 5.36. The molecule has 0 amide bonds. The minimum absolute atomic E-state index is 0.657. The molecule has 0 aromatic heterocycles. The van der Waals surface area contributed by atoms with E-state index in [9.17, 15) is 4.79 Å². The molecule has 1 heterocycles. The van der Waals surface area contributed by atoms with Gasteiger partial charge in [0.15, 0.2) is 0 Å². The predicted octanol–water partition coefficient (Wildman–Crippen LogP) is 3.55. The van der Waals surface area contributed by atoms with Crippen LogP contribution < -0.4 is 0 Å². The molecule has 3 heteroatoms. The van der Waals surface area contributed by atoms with Crippen molar-refractivity contribution in [1.29, 1.82) is 0 Å². The fourth-order valence-corrected chi connectivity index (χ4v) is 2.71. The molecular weight excluding hydrogens is 250 g/mol. The summed E-state index contributed by atoms with van der Waals surface area (Å²) >= 11 is 0. The van der Waals surface area contributed by atoms with Gasteiger partial charge < -0.3 is 5.11 Å². The van der Waals surface area contributed by atoms with E-state index in [1.54, 1.807) is 6.08 Å². The van der Waals surface area contributed by atoms with Crippen molar-refractivity contribution in [2.75, 3.05) is 6.54 Å². The molecule has 0 saturated carbocycles. The smallest absolute Gasteiger partial charge is 0.328 e. The van der Waals surface area contributed by atoms with Crippen LogP contribution in [-0.4, -0.2) is 28.6 Å². The molecule has 1 atom stereocenters. The summed E-state index contributed by atoms with van der Waals surface area (Å²) in [5, 5.41) is 8.61. The number of carboxylic acid groups (broad SMARTS) is 1. The van der Waals surface area contributed by atoms with E-state index in [0.29, 0.717) is 6.04 Å². The van der Waals surface area contributed by atoms with Crippen molar-refractivity contribution in [2.45, 2.75) is 45.2 Å². The summed E-state index contributed by atoms with van der Waals surface area (Å²) in [7, 11) is 0. The Labute approximate surface area is 120 Å². The van der Waals surface area contributed by atoms with Crippen molar-refractivity contribution < 1.29 is 9.90 Å². The van der Waals surface area contributed by atoms with Crippen molar-refractivity contribution in [1.82, 2.24) is 4.90 Å². The van der Waals surface area contributed by atoms with Gasteiger partial charge in [-0.1, -0.05) is 37.1 Å². The monoisotopic (exact) mass is 273 g/mol. The van der Waals surface area contributed by atoms with Gasteiger partial charge in [0.1, 0.15) is 0 Å². The first-order valence-corrected chi connectivity index (χ1v) is 7.39. The first-order valence-electron chi connectivity index (χ1n) is 7.39. The third-order valence-corrected chi connectivity index (χ3v) is 3.97. The van der Waals surface area contributed by atoms with E-state index >= 15 is 0 Å². The topological polar surface area (TPSA) is 40.5 Å². The molecule has 1 fully saturated rings. The third kappa shape index (κ3) is 4.49. The van der Waals surface area contributed by atoms with Gasteiger partial charge in [0.25, 0.3) is 0 Å². The Morgan fingerprint density at radius 1 is 1.30 bits per heavy atom. The minimum Gasteiger partial charge on any atom is -0.478 e. The van der Waals surface area contributed by atoms with Crippen LogP contribution in [0.2, 0.25) is 0 Å². The van der Waals surface area contributed by atoms with Crippen LogP contribution in [0.25, 0.3) is 6.08 Å². The summed E-state index contributed by atoms with van der Waals surface area (Å²) in [5.41, 5.74) is 2.23. The van der Waals surface area contributed by atoms with E-state index < -0.39 is 5.97 Å². The Bertz CT molecular complexity index is 464. The fourth-order valence-electron chi connectivity index (χ4n) is 2.71. The van der Waals surface area contributed by atoms with Gasteiger partial charge in [-0.15, -0.1) is 0 Å². The molecule has 2 rings (SSSR count). The summed E-state index contributed by atoms with van der Waals surface area (Å²) in [6.07, 6.45) is 8.08. The maximum atomic E-state index is 10.5. The van der Waals surface area contributed by atoms with Crippen LogP contribution in [0.1, 0.15) is 43.7 Å². The summed E-state index contributed by atoms with van der Waals surface area (Å²) in [6, 6.07) is 8.82. The van der Waals surface area contributed by atoms with Gasteiger partial charge in [0.2, 0.25) is 0 Å². The van der Waals surface area contributed by atoms with E-state index in [-0.39, 0.29) is 0 Å². The lowest BCUT2D eigenvalue weighted by Crippen LogP contribution is -2.31. The zero-order chi connectivity index (χ0) is 14.4. The number of carbonyl (C=O) groups is 1. The summed E-state index contributed by atoms with van der Waals surface area (Å²) in [5.74, 6) is -0.910. The molecule has 1 aromatic carbocycles. The molecule has 1 N–H and O–H groups in total. The molecule has 108 valence electrons. The molecule has 1 aliphatic heterocycles. The molecule has 20 heavy (non-hydrogen) atoms. The van der Waals surface area contributed by atoms with E-state index in [1.807, 2.05) is 12.1 Å². The maximum absolute atomic E-state index is 10.5. The van der Waals surface area contributed by atoms with Crippen molar-refractivity contribution >= 4 is 12.0 Å². The largest absolute Gasteiger partial charge is 0.478 e. The second kappa shape index (κ2) is 7.25. The molecule has 1 unspecified atom stereocenters. The number of carboxylic acids is 1. The fraction of sp³-hybridized carbons (Fsp3) is 0.471. The highest BCUT2D eigenvalue weighted by atomic mass is 16.4. The molecule has 0 bridgehead atoms. The first kappa shape index (κ1) is 14.8. The Morgan fingerprint density at radius 3 is 2.75 bits per heavy atom. The molecular formula is C17H23NO2. The maximum Gasteiger partial charge on any atom is 0.328 e. The molecule has 0 aliphatic carbocycles. The second-order valence-corrected chi connectivity index (χ2v) is 5.58. The number of hydrogen-bond acceptors (Lipinski definition) is 2. The van der Waals surface area contributed by atoms with Crippen molar-refractivity contribution in [2.24, 2.45) is 0 Å². The lowest BCUT2D eigenvalue weighted by Gasteiger charge is -2.26. The summed E-state index contributed by atoms with van der Waals surface area (Å²) in [6.45, 7) is 4.49. The van der Waals surface area contributed by atoms with Gasteiger partial charge in [-0.05, 0) is 43.5 Å². The first-order chi connectivity index (χ1) is 9.65. The van der Waals surface area contributed by atoms with Crippen LogP contribution in [0.4, 0.5) is 0 Å². The predicted molar refractivity (Wildman–Crippen MR) is 81.5 cm³/mol. The Balaban J connectivity index is 1.97. The van der Waals surface area contributed by atoms with Gasteiger partial charge in [0, 0.05) is 18.7 Å². The molecule has 1 saturated heterocycles. The van der Waals surface area contributed by atoms with Gasteiger partial charge in [0.05, 0.1) is 0 Å². The van der Waals surface area contributed by atoms with Crippen LogP contribution in [0, 0.1) is 0 Å².